The molecule has 9 heteroatoms. The number of hydrogen-bond acceptors (Lipinski definition) is 4. The molecule has 0 radical (unpaired) electrons. The molecule has 1 N–H and O–H groups in total. The van der Waals surface area contributed by atoms with Crippen LogP contribution in [0.3, 0.4) is 0 Å². The minimum atomic E-state index is -3.89. The predicted molar refractivity (Wildman–Crippen MR) is 96.8 cm³/mol. The fourth-order valence-electron chi connectivity index (χ4n) is 2.87. The van der Waals surface area contributed by atoms with Crippen molar-refractivity contribution in [1.29, 1.82) is 0 Å². The third kappa shape index (κ3) is 4.61. The summed E-state index contributed by atoms with van der Waals surface area (Å²) in [5, 5.41) is 0. The van der Waals surface area contributed by atoms with Crippen LogP contribution in [0, 0.1) is 11.6 Å². The maximum atomic E-state index is 13.8. The molecule has 0 aromatic heterocycles. The number of anilines is 1. The Morgan fingerprint density at radius 3 is 2.22 bits per heavy atom. The van der Waals surface area contributed by atoms with Crippen LogP contribution in [-0.4, -0.2) is 51.9 Å². The molecule has 0 unspecified atom stereocenters. The molecule has 0 aliphatic carbocycles. The Morgan fingerprint density at radius 1 is 0.963 bits per heavy atom. The summed E-state index contributed by atoms with van der Waals surface area (Å²) in [7, 11) is -3.89. The van der Waals surface area contributed by atoms with E-state index in [9.17, 15) is 22.0 Å². The quantitative estimate of drug-likeness (QED) is 0.835. The van der Waals surface area contributed by atoms with Gasteiger partial charge in [0, 0.05) is 26.2 Å². The van der Waals surface area contributed by atoms with E-state index in [1.165, 1.54) is 11.0 Å². The minimum Gasteiger partial charge on any atom is -0.366 e. The van der Waals surface area contributed by atoms with Crippen LogP contribution in [0.15, 0.2) is 53.4 Å². The normalized spacial score (nSPS) is 15.0. The zero-order chi connectivity index (χ0) is 19.4. The number of halogens is 2. The molecule has 0 bridgehead atoms. The van der Waals surface area contributed by atoms with Crippen molar-refractivity contribution in [2.45, 2.75) is 4.90 Å². The molecule has 27 heavy (non-hydrogen) atoms. The Labute approximate surface area is 156 Å². The van der Waals surface area contributed by atoms with Crippen LogP contribution in [0.4, 0.5) is 14.5 Å². The van der Waals surface area contributed by atoms with Crippen LogP contribution < -0.4 is 9.62 Å². The predicted octanol–water partition coefficient (Wildman–Crippen LogP) is 1.59. The fourth-order valence-corrected chi connectivity index (χ4v) is 3.85. The van der Waals surface area contributed by atoms with Crippen LogP contribution in [0.1, 0.15) is 0 Å². The molecule has 1 saturated heterocycles. The number of sulfonamides is 1. The number of amides is 1. The largest absolute Gasteiger partial charge is 0.366 e. The maximum absolute atomic E-state index is 13.8. The van der Waals surface area contributed by atoms with Gasteiger partial charge in [-0.1, -0.05) is 12.1 Å². The van der Waals surface area contributed by atoms with E-state index in [0.29, 0.717) is 31.9 Å². The number of nitrogens with one attached hydrogen (secondary N) is 1. The molecule has 1 aliphatic heterocycles. The first kappa shape index (κ1) is 19.2. The van der Waals surface area contributed by atoms with E-state index >= 15 is 0 Å². The summed E-state index contributed by atoms with van der Waals surface area (Å²) in [6.07, 6.45) is 0. The number of para-hydroxylation sites is 1. The van der Waals surface area contributed by atoms with Gasteiger partial charge in [0.25, 0.3) is 0 Å². The van der Waals surface area contributed by atoms with Crippen LogP contribution >= 0.6 is 0 Å². The second kappa shape index (κ2) is 8.01. The highest BCUT2D eigenvalue weighted by Gasteiger charge is 2.24. The smallest absolute Gasteiger partial charge is 0.241 e. The molecule has 3 rings (SSSR count). The molecule has 1 fully saturated rings. The van der Waals surface area contributed by atoms with Crippen molar-refractivity contribution < 1.29 is 22.0 Å². The molecule has 2 aromatic rings. The number of hydrogen-bond donors (Lipinski definition) is 1. The zero-order valence-electron chi connectivity index (χ0n) is 14.4. The molecular weight excluding hydrogens is 376 g/mol. The molecule has 1 aliphatic rings. The van der Waals surface area contributed by atoms with Crippen molar-refractivity contribution >= 4 is 21.6 Å². The van der Waals surface area contributed by atoms with Crippen molar-refractivity contribution in [2.75, 3.05) is 37.6 Å². The molecule has 0 atom stereocenters. The Bertz CT molecular complexity index is 912. The van der Waals surface area contributed by atoms with Crippen LogP contribution in [-0.2, 0) is 14.8 Å². The lowest BCUT2D eigenvalue weighted by Crippen LogP contribution is -2.51. The van der Waals surface area contributed by atoms with Gasteiger partial charge in [0.2, 0.25) is 15.9 Å². The van der Waals surface area contributed by atoms with Gasteiger partial charge in [-0.05, 0) is 36.4 Å². The van der Waals surface area contributed by atoms with Gasteiger partial charge in [0.15, 0.2) is 0 Å². The van der Waals surface area contributed by atoms with Gasteiger partial charge in [0.05, 0.1) is 17.1 Å². The van der Waals surface area contributed by atoms with E-state index in [1.807, 2.05) is 4.90 Å². The van der Waals surface area contributed by atoms with Crippen molar-refractivity contribution in [2.24, 2.45) is 0 Å². The van der Waals surface area contributed by atoms with Crippen LogP contribution in [0.2, 0.25) is 0 Å². The first-order chi connectivity index (χ1) is 12.9. The van der Waals surface area contributed by atoms with Crippen LogP contribution in [0.25, 0.3) is 0 Å². The topological polar surface area (TPSA) is 69.7 Å². The van der Waals surface area contributed by atoms with Crippen LogP contribution in [0.5, 0.6) is 0 Å². The summed E-state index contributed by atoms with van der Waals surface area (Å²) in [5.41, 5.74) is 0.488. The summed E-state index contributed by atoms with van der Waals surface area (Å²) in [6, 6.07) is 10.8. The number of rotatable bonds is 5. The Kier molecular flexibility index (Phi) is 5.71. The van der Waals surface area contributed by atoms with Gasteiger partial charge in [-0.3, -0.25) is 4.79 Å². The number of piperazine rings is 1. The Balaban J connectivity index is 1.54. The fraction of sp³-hybridized carbons (Fsp3) is 0.278. The molecule has 1 amide bonds. The summed E-state index contributed by atoms with van der Waals surface area (Å²) >= 11 is 0. The van der Waals surface area contributed by atoms with E-state index in [1.54, 1.807) is 18.2 Å². The highest BCUT2D eigenvalue weighted by atomic mass is 32.2. The van der Waals surface area contributed by atoms with Crippen molar-refractivity contribution in [3.63, 3.8) is 0 Å². The molecule has 1 heterocycles. The molecular formula is C18H19F2N3O3S. The summed E-state index contributed by atoms with van der Waals surface area (Å²) in [5.74, 6) is -1.23. The van der Waals surface area contributed by atoms with E-state index in [2.05, 4.69) is 4.72 Å². The van der Waals surface area contributed by atoms with Crippen molar-refractivity contribution in [1.82, 2.24) is 9.62 Å². The third-order valence-corrected chi connectivity index (χ3v) is 5.78. The first-order valence-electron chi connectivity index (χ1n) is 8.39. The second-order valence-electron chi connectivity index (χ2n) is 6.10. The number of carbonyl (C=O) groups is 1. The minimum absolute atomic E-state index is 0.110. The van der Waals surface area contributed by atoms with Gasteiger partial charge >= 0.3 is 0 Å². The van der Waals surface area contributed by atoms with Crippen molar-refractivity contribution in [3.8, 4) is 0 Å². The van der Waals surface area contributed by atoms with Gasteiger partial charge < -0.3 is 9.80 Å². The molecule has 2 aromatic carbocycles. The number of carbonyl (C=O) groups excluding carboxylic acids is 1. The summed E-state index contributed by atoms with van der Waals surface area (Å²) < 4.78 is 53.3. The average molecular weight is 395 g/mol. The number of nitrogens with zero attached hydrogens (tertiary/aromatic N) is 2. The lowest BCUT2D eigenvalue weighted by Gasteiger charge is -2.36. The van der Waals surface area contributed by atoms with Gasteiger partial charge in [-0.2, -0.15) is 0 Å². The standard InChI is InChI=1S/C18H19F2N3O3S/c19-14-5-7-15(8-6-14)27(25,26)21-13-18(24)23-11-9-22(10-12-23)17-4-2-1-3-16(17)20/h1-8,21H,9-13H2. The molecule has 0 spiro atoms. The monoisotopic (exact) mass is 395 g/mol. The van der Waals surface area contributed by atoms with E-state index in [0.717, 1.165) is 24.3 Å². The first-order valence-corrected chi connectivity index (χ1v) is 9.87. The van der Waals surface area contributed by atoms with E-state index in [4.69, 9.17) is 0 Å². The second-order valence-corrected chi connectivity index (χ2v) is 7.86. The molecule has 144 valence electrons. The third-order valence-electron chi connectivity index (χ3n) is 4.36. The number of benzene rings is 2. The van der Waals surface area contributed by atoms with E-state index < -0.39 is 15.8 Å². The van der Waals surface area contributed by atoms with Gasteiger partial charge in [-0.25, -0.2) is 21.9 Å². The molecule has 6 nitrogen and oxygen atoms in total. The lowest BCUT2D eigenvalue weighted by atomic mass is 10.2. The average Bonchev–Trinajstić information content (AvgIpc) is 2.67. The van der Waals surface area contributed by atoms with Gasteiger partial charge in [-0.15, -0.1) is 0 Å². The van der Waals surface area contributed by atoms with Gasteiger partial charge in [0.1, 0.15) is 11.6 Å². The summed E-state index contributed by atoms with van der Waals surface area (Å²) in [4.78, 5) is 15.6. The Hall–Kier alpha value is -2.52. The summed E-state index contributed by atoms with van der Waals surface area (Å²) in [6.45, 7) is 1.26. The maximum Gasteiger partial charge on any atom is 0.241 e. The Morgan fingerprint density at radius 2 is 1.59 bits per heavy atom. The molecule has 0 saturated carbocycles. The van der Waals surface area contributed by atoms with E-state index in [-0.39, 0.29) is 23.2 Å². The van der Waals surface area contributed by atoms with Crippen molar-refractivity contribution in [3.05, 3.63) is 60.2 Å². The lowest BCUT2D eigenvalue weighted by molar-refractivity contribution is -0.130. The highest BCUT2D eigenvalue weighted by molar-refractivity contribution is 7.89. The SMILES string of the molecule is O=C(CNS(=O)(=O)c1ccc(F)cc1)N1CCN(c2ccccc2F)CC1. The highest BCUT2D eigenvalue weighted by Crippen LogP contribution is 2.20. The zero-order valence-corrected chi connectivity index (χ0v) is 15.3.